The third kappa shape index (κ3) is 3.88. The van der Waals surface area contributed by atoms with Crippen LogP contribution in [-0.2, 0) is 4.74 Å². The van der Waals surface area contributed by atoms with Crippen LogP contribution in [0.1, 0.15) is 36.7 Å². The van der Waals surface area contributed by atoms with Crippen LogP contribution in [0.3, 0.4) is 0 Å². The molecule has 1 fully saturated rings. The number of nitrogen functional groups attached to an aromatic ring is 1. The molecule has 5 heteroatoms. The zero-order chi connectivity index (χ0) is 15.6. The first-order valence-corrected chi connectivity index (χ1v) is 7.37. The summed E-state index contributed by atoms with van der Waals surface area (Å²) in [4.78, 5) is 14.5. The molecule has 0 unspecified atom stereocenters. The molecule has 0 amide bonds. The maximum absolute atomic E-state index is 12.3. The van der Waals surface area contributed by atoms with Crippen molar-refractivity contribution in [3.05, 3.63) is 23.3 Å². The van der Waals surface area contributed by atoms with Crippen LogP contribution in [0.2, 0.25) is 0 Å². The number of ether oxygens (including phenoxy) is 1. The van der Waals surface area contributed by atoms with Crippen molar-refractivity contribution in [2.75, 3.05) is 36.8 Å². The minimum Gasteiger partial charge on any atom is -0.456 e. The van der Waals surface area contributed by atoms with Crippen molar-refractivity contribution in [1.82, 2.24) is 5.32 Å². The number of carbonyl (C=O) groups is 1. The lowest BCUT2D eigenvalue weighted by Crippen LogP contribution is -2.44. The Bertz CT molecular complexity index is 529. The Hall–Kier alpha value is -1.75. The molecule has 2 rings (SSSR count). The van der Waals surface area contributed by atoms with E-state index in [0.29, 0.717) is 11.3 Å². The molecular weight excluding hydrogens is 266 g/mol. The minimum absolute atomic E-state index is 0.328. The van der Waals surface area contributed by atoms with Crippen molar-refractivity contribution in [3.63, 3.8) is 0 Å². The second kappa shape index (κ2) is 5.93. The normalized spacial score (nSPS) is 15.9. The largest absolute Gasteiger partial charge is 0.456 e. The summed E-state index contributed by atoms with van der Waals surface area (Å²) < 4.78 is 5.44. The van der Waals surface area contributed by atoms with Gasteiger partial charge < -0.3 is 20.7 Å². The molecule has 0 bridgehead atoms. The first-order valence-electron chi connectivity index (χ1n) is 7.37. The van der Waals surface area contributed by atoms with Gasteiger partial charge in [0.1, 0.15) is 5.60 Å². The van der Waals surface area contributed by atoms with E-state index < -0.39 is 5.60 Å². The van der Waals surface area contributed by atoms with E-state index in [1.54, 1.807) is 6.07 Å². The second-order valence-electron chi connectivity index (χ2n) is 6.45. The van der Waals surface area contributed by atoms with E-state index in [1.807, 2.05) is 33.8 Å². The third-order valence-electron chi connectivity index (χ3n) is 3.51. The highest BCUT2D eigenvalue weighted by molar-refractivity contribution is 5.93. The van der Waals surface area contributed by atoms with Gasteiger partial charge >= 0.3 is 5.97 Å². The average Bonchev–Trinajstić information content (AvgIpc) is 2.40. The van der Waals surface area contributed by atoms with E-state index >= 15 is 0 Å². The number of rotatable bonds is 2. The van der Waals surface area contributed by atoms with Gasteiger partial charge in [0.15, 0.2) is 0 Å². The SMILES string of the molecule is Cc1c(N)cc(C(=O)OC(C)(C)C)cc1N1CCNCC1. The van der Waals surface area contributed by atoms with Gasteiger partial charge in [-0.05, 0) is 45.4 Å². The van der Waals surface area contributed by atoms with E-state index in [-0.39, 0.29) is 5.97 Å². The van der Waals surface area contributed by atoms with Gasteiger partial charge in [0.2, 0.25) is 0 Å². The highest BCUT2D eigenvalue weighted by Gasteiger charge is 2.21. The molecule has 0 aromatic heterocycles. The maximum Gasteiger partial charge on any atom is 0.338 e. The van der Waals surface area contributed by atoms with Crippen LogP contribution in [-0.4, -0.2) is 37.7 Å². The topological polar surface area (TPSA) is 67.6 Å². The third-order valence-corrected chi connectivity index (χ3v) is 3.51. The van der Waals surface area contributed by atoms with Crippen molar-refractivity contribution in [3.8, 4) is 0 Å². The molecule has 1 aliphatic heterocycles. The molecule has 1 aliphatic rings. The quantitative estimate of drug-likeness (QED) is 0.644. The molecule has 1 saturated heterocycles. The standard InChI is InChI=1S/C16H25N3O2/c1-11-13(17)9-12(15(20)21-16(2,3)4)10-14(11)19-7-5-18-6-8-19/h9-10,18H,5-8,17H2,1-4H3. The Morgan fingerprint density at radius 2 is 1.90 bits per heavy atom. The van der Waals surface area contributed by atoms with Crippen molar-refractivity contribution < 1.29 is 9.53 Å². The number of carbonyl (C=O) groups excluding carboxylic acids is 1. The molecule has 0 atom stereocenters. The van der Waals surface area contributed by atoms with Gasteiger partial charge in [-0.1, -0.05) is 0 Å². The fourth-order valence-electron chi connectivity index (χ4n) is 2.41. The summed E-state index contributed by atoms with van der Waals surface area (Å²) in [7, 11) is 0. The van der Waals surface area contributed by atoms with Gasteiger partial charge in [-0.2, -0.15) is 0 Å². The molecule has 1 heterocycles. The maximum atomic E-state index is 12.3. The Morgan fingerprint density at radius 1 is 1.29 bits per heavy atom. The van der Waals surface area contributed by atoms with E-state index in [9.17, 15) is 4.79 Å². The average molecular weight is 291 g/mol. The number of esters is 1. The molecule has 1 aromatic carbocycles. The highest BCUT2D eigenvalue weighted by atomic mass is 16.6. The molecular formula is C16H25N3O2. The zero-order valence-corrected chi connectivity index (χ0v) is 13.3. The lowest BCUT2D eigenvalue weighted by Gasteiger charge is -2.31. The number of anilines is 2. The van der Waals surface area contributed by atoms with Crippen molar-refractivity contribution >= 4 is 17.3 Å². The minimum atomic E-state index is -0.508. The fraction of sp³-hybridized carbons (Fsp3) is 0.562. The van der Waals surface area contributed by atoms with Crippen LogP contribution in [0.4, 0.5) is 11.4 Å². The molecule has 0 aliphatic carbocycles. The van der Waals surface area contributed by atoms with Crippen LogP contribution >= 0.6 is 0 Å². The fourth-order valence-corrected chi connectivity index (χ4v) is 2.41. The summed E-state index contributed by atoms with van der Waals surface area (Å²) in [5, 5.41) is 3.32. The molecule has 21 heavy (non-hydrogen) atoms. The van der Waals surface area contributed by atoms with Crippen LogP contribution in [0.5, 0.6) is 0 Å². The smallest absolute Gasteiger partial charge is 0.338 e. The van der Waals surface area contributed by atoms with Crippen LogP contribution in [0, 0.1) is 6.92 Å². The first-order chi connectivity index (χ1) is 9.78. The van der Waals surface area contributed by atoms with Gasteiger partial charge in [-0.3, -0.25) is 0 Å². The summed E-state index contributed by atoms with van der Waals surface area (Å²) in [5.74, 6) is -0.328. The van der Waals surface area contributed by atoms with E-state index in [2.05, 4.69) is 10.2 Å². The molecule has 1 aromatic rings. The summed E-state index contributed by atoms with van der Waals surface area (Å²) in [6.07, 6.45) is 0. The Labute approximate surface area is 126 Å². The molecule has 116 valence electrons. The van der Waals surface area contributed by atoms with Crippen LogP contribution < -0.4 is 16.0 Å². The van der Waals surface area contributed by atoms with E-state index in [0.717, 1.165) is 37.4 Å². The monoisotopic (exact) mass is 291 g/mol. The number of hydrogen-bond donors (Lipinski definition) is 2. The molecule has 0 radical (unpaired) electrons. The summed E-state index contributed by atoms with van der Waals surface area (Å²) in [5.41, 5.74) is 8.76. The Balaban J connectivity index is 2.31. The first kappa shape index (κ1) is 15.6. The molecule has 0 spiro atoms. The summed E-state index contributed by atoms with van der Waals surface area (Å²) in [6, 6.07) is 3.60. The number of hydrogen-bond acceptors (Lipinski definition) is 5. The van der Waals surface area contributed by atoms with Crippen molar-refractivity contribution in [2.45, 2.75) is 33.3 Å². The number of nitrogens with one attached hydrogen (secondary N) is 1. The summed E-state index contributed by atoms with van der Waals surface area (Å²) >= 11 is 0. The number of benzene rings is 1. The van der Waals surface area contributed by atoms with E-state index in [4.69, 9.17) is 10.5 Å². The van der Waals surface area contributed by atoms with Gasteiger partial charge in [0, 0.05) is 37.6 Å². The van der Waals surface area contributed by atoms with Crippen molar-refractivity contribution in [1.29, 1.82) is 0 Å². The second-order valence-corrected chi connectivity index (χ2v) is 6.45. The van der Waals surface area contributed by atoms with Gasteiger partial charge in [0.05, 0.1) is 5.56 Å². The molecule has 0 saturated carbocycles. The van der Waals surface area contributed by atoms with Gasteiger partial charge in [0.25, 0.3) is 0 Å². The lowest BCUT2D eigenvalue weighted by atomic mass is 10.1. The molecule has 5 nitrogen and oxygen atoms in total. The highest BCUT2D eigenvalue weighted by Crippen LogP contribution is 2.28. The predicted molar refractivity (Wildman–Crippen MR) is 85.8 cm³/mol. The van der Waals surface area contributed by atoms with Crippen LogP contribution in [0.15, 0.2) is 12.1 Å². The number of nitrogens with two attached hydrogens (primary N) is 1. The van der Waals surface area contributed by atoms with Crippen molar-refractivity contribution in [2.24, 2.45) is 0 Å². The predicted octanol–water partition coefficient (Wildman–Crippen LogP) is 1.94. The lowest BCUT2D eigenvalue weighted by molar-refractivity contribution is 0.00696. The Morgan fingerprint density at radius 3 is 2.48 bits per heavy atom. The zero-order valence-electron chi connectivity index (χ0n) is 13.3. The number of piperazine rings is 1. The van der Waals surface area contributed by atoms with Crippen LogP contribution in [0.25, 0.3) is 0 Å². The summed E-state index contributed by atoms with van der Waals surface area (Å²) in [6.45, 7) is 11.3. The van der Waals surface area contributed by atoms with Gasteiger partial charge in [-0.15, -0.1) is 0 Å². The van der Waals surface area contributed by atoms with Gasteiger partial charge in [-0.25, -0.2) is 4.79 Å². The van der Waals surface area contributed by atoms with E-state index in [1.165, 1.54) is 0 Å². The number of nitrogens with zero attached hydrogens (tertiary/aromatic N) is 1. The Kier molecular flexibility index (Phi) is 4.42. The molecule has 3 N–H and O–H groups in total.